The molecule has 0 saturated heterocycles. The van der Waals surface area contributed by atoms with Gasteiger partial charge in [0.15, 0.2) is 0 Å². The van der Waals surface area contributed by atoms with Crippen molar-refractivity contribution in [1.29, 1.82) is 0 Å². The van der Waals surface area contributed by atoms with E-state index in [1.807, 2.05) is 10.6 Å². The molecule has 0 aliphatic rings. The number of hydrogen-bond donors (Lipinski definition) is 1. The number of nitrogens with zero attached hydrogens (tertiary/aromatic N) is 2. The molecular formula is C12H14N2O2. The van der Waals surface area contributed by atoms with Crippen LogP contribution in [0.2, 0.25) is 0 Å². The van der Waals surface area contributed by atoms with Gasteiger partial charge in [0.2, 0.25) is 0 Å². The molecule has 0 fully saturated rings. The normalized spacial score (nSPS) is 10.8. The molecule has 1 aromatic heterocycles. The van der Waals surface area contributed by atoms with Crippen LogP contribution in [0.4, 0.5) is 0 Å². The number of carbonyl (C=O) groups is 1. The van der Waals surface area contributed by atoms with Gasteiger partial charge in [0.1, 0.15) is 0 Å². The third-order valence-electron chi connectivity index (χ3n) is 2.62. The number of para-hydroxylation sites is 1. The number of aromatic nitrogens is 2. The fourth-order valence-corrected chi connectivity index (χ4v) is 1.80. The SMILES string of the molecule is CCCCn1cnc2cccc(C(=O)O)c21. The van der Waals surface area contributed by atoms with Crippen molar-refractivity contribution < 1.29 is 9.90 Å². The van der Waals surface area contributed by atoms with Gasteiger partial charge in [-0.2, -0.15) is 0 Å². The van der Waals surface area contributed by atoms with Gasteiger partial charge in [0.05, 0.1) is 22.9 Å². The molecule has 0 amide bonds. The molecule has 16 heavy (non-hydrogen) atoms. The maximum absolute atomic E-state index is 11.1. The molecule has 1 N–H and O–H groups in total. The van der Waals surface area contributed by atoms with E-state index in [0.717, 1.165) is 30.4 Å². The smallest absolute Gasteiger partial charge is 0.337 e. The second-order valence-corrected chi connectivity index (χ2v) is 3.77. The molecule has 2 aromatic rings. The minimum atomic E-state index is -0.899. The predicted octanol–water partition coefficient (Wildman–Crippen LogP) is 2.53. The first kappa shape index (κ1) is 10.7. The van der Waals surface area contributed by atoms with Crippen molar-refractivity contribution in [3.05, 3.63) is 30.1 Å². The number of carboxylic acid groups (broad SMARTS) is 1. The maximum Gasteiger partial charge on any atom is 0.337 e. The molecule has 2 rings (SSSR count). The molecule has 1 heterocycles. The fraction of sp³-hybridized carbons (Fsp3) is 0.333. The van der Waals surface area contributed by atoms with E-state index in [1.54, 1.807) is 18.5 Å². The fourth-order valence-electron chi connectivity index (χ4n) is 1.80. The second-order valence-electron chi connectivity index (χ2n) is 3.77. The first-order valence-corrected chi connectivity index (χ1v) is 5.41. The van der Waals surface area contributed by atoms with Gasteiger partial charge in [0, 0.05) is 6.54 Å². The highest BCUT2D eigenvalue weighted by molar-refractivity contribution is 6.01. The summed E-state index contributed by atoms with van der Waals surface area (Å²) in [6.45, 7) is 2.93. The Morgan fingerprint density at radius 3 is 3.00 bits per heavy atom. The minimum absolute atomic E-state index is 0.325. The lowest BCUT2D eigenvalue weighted by molar-refractivity contribution is 0.0698. The van der Waals surface area contributed by atoms with Crippen LogP contribution >= 0.6 is 0 Å². The van der Waals surface area contributed by atoms with Gasteiger partial charge in [-0.25, -0.2) is 9.78 Å². The van der Waals surface area contributed by atoms with Crippen LogP contribution < -0.4 is 0 Å². The predicted molar refractivity (Wildman–Crippen MR) is 61.6 cm³/mol. The Morgan fingerprint density at radius 2 is 2.31 bits per heavy atom. The van der Waals surface area contributed by atoms with Crippen molar-refractivity contribution in [2.45, 2.75) is 26.3 Å². The first-order valence-electron chi connectivity index (χ1n) is 5.41. The Kier molecular flexibility index (Phi) is 2.90. The number of carboxylic acids is 1. The monoisotopic (exact) mass is 218 g/mol. The van der Waals surface area contributed by atoms with Gasteiger partial charge in [0.25, 0.3) is 0 Å². The number of imidazole rings is 1. The van der Waals surface area contributed by atoms with Gasteiger partial charge in [-0.15, -0.1) is 0 Å². The number of aromatic carboxylic acids is 1. The topological polar surface area (TPSA) is 55.1 Å². The van der Waals surface area contributed by atoms with E-state index in [1.165, 1.54) is 0 Å². The molecule has 0 saturated carbocycles. The number of unbranched alkanes of at least 4 members (excludes halogenated alkanes) is 1. The second kappa shape index (κ2) is 4.35. The van der Waals surface area contributed by atoms with Crippen molar-refractivity contribution in [2.24, 2.45) is 0 Å². The Morgan fingerprint density at radius 1 is 1.50 bits per heavy atom. The van der Waals surface area contributed by atoms with Crippen LogP contribution in [0.25, 0.3) is 11.0 Å². The lowest BCUT2D eigenvalue weighted by Gasteiger charge is -2.04. The molecule has 1 aromatic carbocycles. The summed E-state index contributed by atoms with van der Waals surface area (Å²) in [6, 6.07) is 5.18. The van der Waals surface area contributed by atoms with Crippen LogP contribution in [0.1, 0.15) is 30.1 Å². The largest absolute Gasteiger partial charge is 0.478 e. The first-order chi connectivity index (χ1) is 7.74. The lowest BCUT2D eigenvalue weighted by atomic mass is 10.2. The molecule has 4 heteroatoms. The van der Waals surface area contributed by atoms with Crippen molar-refractivity contribution in [3.63, 3.8) is 0 Å². The molecule has 0 spiro atoms. The van der Waals surface area contributed by atoms with Crippen molar-refractivity contribution >= 4 is 17.0 Å². The third-order valence-corrected chi connectivity index (χ3v) is 2.62. The van der Waals surface area contributed by atoms with E-state index < -0.39 is 5.97 Å². The average Bonchev–Trinajstić information content (AvgIpc) is 2.69. The summed E-state index contributed by atoms with van der Waals surface area (Å²) in [7, 11) is 0. The number of benzene rings is 1. The van der Waals surface area contributed by atoms with E-state index in [4.69, 9.17) is 5.11 Å². The van der Waals surface area contributed by atoms with Crippen LogP contribution in [0, 0.1) is 0 Å². The van der Waals surface area contributed by atoms with E-state index in [2.05, 4.69) is 11.9 Å². The summed E-state index contributed by atoms with van der Waals surface area (Å²) >= 11 is 0. The van der Waals surface area contributed by atoms with Gasteiger partial charge in [-0.3, -0.25) is 0 Å². The van der Waals surface area contributed by atoms with E-state index in [-0.39, 0.29) is 0 Å². The summed E-state index contributed by atoms with van der Waals surface area (Å²) in [4.78, 5) is 15.3. The lowest BCUT2D eigenvalue weighted by Crippen LogP contribution is -2.03. The highest BCUT2D eigenvalue weighted by Gasteiger charge is 2.12. The Hall–Kier alpha value is -1.84. The summed E-state index contributed by atoms with van der Waals surface area (Å²) in [6.07, 6.45) is 3.82. The highest BCUT2D eigenvalue weighted by Crippen LogP contribution is 2.18. The zero-order chi connectivity index (χ0) is 11.5. The summed E-state index contributed by atoms with van der Waals surface area (Å²) in [5.41, 5.74) is 1.80. The van der Waals surface area contributed by atoms with E-state index in [9.17, 15) is 4.79 Å². The zero-order valence-corrected chi connectivity index (χ0v) is 9.18. The van der Waals surface area contributed by atoms with Gasteiger partial charge in [-0.05, 0) is 18.6 Å². The number of hydrogen-bond acceptors (Lipinski definition) is 2. The quantitative estimate of drug-likeness (QED) is 0.857. The molecule has 0 radical (unpaired) electrons. The molecule has 4 nitrogen and oxygen atoms in total. The van der Waals surface area contributed by atoms with Gasteiger partial charge < -0.3 is 9.67 Å². The molecule has 0 aliphatic carbocycles. The van der Waals surface area contributed by atoms with Crippen LogP contribution in [0.15, 0.2) is 24.5 Å². The summed E-state index contributed by atoms with van der Waals surface area (Å²) < 4.78 is 1.92. The summed E-state index contributed by atoms with van der Waals surface area (Å²) in [5.74, 6) is -0.899. The molecule has 0 atom stereocenters. The Bertz CT molecular complexity index is 517. The Labute approximate surface area is 93.5 Å². The highest BCUT2D eigenvalue weighted by atomic mass is 16.4. The van der Waals surface area contributed by atoms with E-state index in [0.29, 0.717) is 5.56 Å². The van der Waals surface area contributed by atoms with Crippen LogP contribution in [-0.2, 0) is 6.54 Å². The van der Waals surface area contributed by atoms with Crippen LogP contribution in [-0.4, -0.2) is 20.6 Å². The Balaban J connectivity index is 2.54. The standard InChI is InChI=1S/C12H14N2O2/c1-2-3-7-14-8-13-10-6-4-5-9(11(10)14)12(15)16/h4-6,8H,2-3,7H2,1H3,(H,15,16). The number of aryl methyl sites for hydroxylation is 1. The van der Waals surface area contributed by atoms with Crippen molar-refractivity contribution in [2.75, 3.05) is 0 Å². The minimum Gasteiger partial charge on any atom is -0.478 e. The number of rotatable bonds is 4. The van der Waals surface area contributed by atoms with Gasteiger partial charge >= 0.3 is 5.97 Å². The van der Waals surface area contributed by atoms with Crippen molar-refractivity contribution in [3.8, 4) is 0 Å². The molecule has 0 bridgehead atoms. The molecule has 0 aliphatic heterocycles. The van der Waals surface area contributed by atoms with Gasteiger partial charge in [-0.1, -0.05) is 19.4 Å². The van der Waals surface area contributed by atoms with Crippen LogP contribution in [0.5, 0.6) is 0 Å². The van der Waals surface area contributed by atoms with E-state index >= 15 is 0 Å². The average molecular weight is 218 g/mol. The van der Waals surface area contributed by atoms with Crippen LogP contribution in [0.3, 0.4) is 0 Å². The van der Waals surface area contributed by atoms with Crippen molar-refractivity contribution in [1.82, 2.24) is 9.55 Å². The molecule has 84 valence electrons. The molecule has 0 unspecified atom stereocenters. The molecular weight excluding hydrogens is 204 g/mol. The third kappa shape index (κ3) is 1.78. The maximum atomic E-state index is 11.1. The summed E-state index contributed by atoms with van der Waals surface area (Å²) in [5, 5.41) is 9.11. The number of fused-ring (bicyclic) bond motifs is 1. The zero-order valence-electron chi connectivity index (χ0n) is 9.18.